The topological polar surface area (TPSA) is 38.3 Å². The van der Waals surface area contributed by atoms with Crippen LogP contribution in [0.25, 0.3) is 0 Å². The number of rotatable bonds is 3. The normalized spacial score (nSPS) is 20.1. The quantitative estimate of drug-likeness (QED) is 0.759. The van der Waals surface area contributed by atoms with Gasteiger partial charge in [-0.05, 0) is 25.1 Å². The molecule has 1 fully saturated rings. The molecule has 0 bridgehead atoms. The average molecular weight is 205 g/mol. The van der Waals surface area contributed by atoms with Gasteiger partial charge in [0.05, 0.1) is 12.2 Å². The molecule has 0 saturated carbocycles. The van der Waals surface area contributed by atoms with Gasteiger partial charge >= 0.3 is 5.97 Å². The summed E-state index contributed by atoms with van der Waals surface area (Å²) in [6.45, 7) is 2.52. The highest BCUT2D eigenvalue weighted by Gasteiger charge is 2.16. The largest absolute Gasteiger partial charge is 0.462 e. The lowest BCUT2D eigenvalue weighted by molar-refractivity contribution is 0.0450. The Morgan fingerprint density at radius 3 is 2.87 bits per heavy atom. The number of hydrogen-bond acceptors (Lipinski definition) is 3. The van der Waals surface area contributed by atoms with E-state index in [-0.39, 0.29) is 5.97 Å². The van der Waals surface area contributed by atoms with E-state index in [9.17, 15) is 4.79 Å². The van der Waals surface area contributed by atoms with E-state index in [2.05, 4.69) is 5.32 Å². The third-order valence-electron chi connectivity index (χ3n) is 2.62. The summed E-state index contributed by atoms with van der Waals surface area (Å²) >= 11 is 0. The molecule has 1 heterocycles. The van der Waals surface area contributed by atoms with Crippen molar-refractivity contribution in [1.29, 1.82) is 0 Å². The number of ether oxygens (including phenoxy) is 1. The Hall–Kier alpha value is -1.35. The van der Waals surface area contributed by atoms with Gasteiger partial charge in [-0.3, -0.25) is 0 Å². The van der Waals surface area contributed by atoms with Crippen molar-refractivity contribution in [3.63, 3.8) is 0 Å². The molecule has 0 unspecified atom stereocenters. The third-order valence-corrected chi connectivity index (χ3v) is 2.62. The van der Waals surface area contributed by atoms with E-state index in [1.165, 1.54) is 0 Å². The van der Waals surface area contributed by atoms with Gasteiger partial charge in [0.15, 0.2) is 0 Å². The number of carbonyl (C=O) groups is 1. The number of esters is 1. The summed E-state index contributed by atoms with van der Waals surface area (Å²) in [5.41, 5.74) is 0.628. The molecule has 1 N–H and O–H groups in total. The van der Waals surface area contributed by atoms with Gasteiger partial charge in [-0.25, -0.2) is 4.79 Å². The van der Waals surface area contributed by atoms with Crippen LogP contribution in [0.1, 0.15) is 16.8 Å². The Kier molecular flexibility index (Phi) is 3.35. The van der Waals surface area contributed by atoms with E-state index in [1.807, 2.05) is 18.2 Å². The summed E-state index contributed by atoms with van der Waals surface area (Å²) in [4.78, 5) is 11.6. The highest BCUT2D eigenvalue weighted by molar-refractivity contribution is 5.89. The van der Waals surface area contributed by atoms with E-state index < -0.39 is 0 Å². The van der Waals surface area contributed by atoms with E-state index in [0.29, 0.717) is 18.1 Å². The molecule has 15 heavy (non-hydrogen) atoms. The standard InChI is InChI=1S/C12H15NO2/c14-12(11-4-2-1-3-5-11)15-9-10-6-7-13-8-10/h1-5,10,13H,6-9H2/t10-/m0/s1. The highest BCUT2D eigenvalue weighted by atomic mass is 16.5. The summed E-state index contributed by atoms with van der Waals surface area (Å²) in [5.74, 6) is 0.264. The molecule has 1 aromatic rings. The van der Waals surface area contributed by atoms with Crippen LogP contribution in [0.3, 0.4) is 0 Å². The minimum Gasteiger partial charge on any atom is -0.462 e. The molecule has 80 valence electrons. The van der Waals surface area contributed by atoms with Crippen molar-refractivity contribution < 1.29 is 9.53 Å². The van der Waals surface area contributed by atoms with Crippen molar-refractivity contribution >= 4 is 5.97 Å². The Bertz CT molecular complexity index is 318. The molecule has 1 atom stereocenters. The molecule has 0 radical (unpaired) electrons. The second kappa shape index (κ2) is 4.94. The average Bonchev–Trinajstić information content (AvgIpc) is 2.80. The van der Waals surface area contributed by atoms with E-state index >= 15 is 0 Å². The van der Waals surface area contributed by atoms with Crippen molar-refractivity contribution in [2.45, 2.75) is 6.42 Å². The molecule has 1 saturated heterocycles. The predicted octanol–water partition coefficient (Wildman–Crippen LogP) is 1.45. The Morgan fingerprint density at radius 1 is 1.40 bits per heavy atom. The van der Waals surface area contributed by atoms with Crippen molar-refractivity contribution in [2.24, 2.45) is 5.92 Å². The fraction of sp³-hybridized carbons (Fsp3) is 0.417. The first-order chi connectivity index (χ1) is 7.36. The summed E-state index contributed by atoms with van der Waals surface area (Å²) in [5, 5.41) is 3.24. The Labute approximate surface area is 89.4 Å². The van der Waals surface area contributed by atoms with Crippen molar-refractivity contribution in [3.8, 4) is 0 Å². The number of nitrogens with one attached hydrogen (secondary N) is 1. The van der Waals surface area contributed by atoms with Gasteiger partial charge in [0.2, 0.25) is 0 Å². The molecule has 1 aliphatic heterocycles. The predicted molar refractivity (Wildman–Crippen MR) is 57.7 cm³/mol. The number of hydrogen-bond donors (Lipinski definition) is 1. The fourth-order valence-electron chi connectivity index (χ4n) is 1.71. The van der Waals surface area contributed by atoms with Gasteiger partial charge in [-0.2, -0.15) is 0 Å². The lowest BCUT2D eigenvalue weighted by Crippen LogP contribution is -2.16. The molecule has 2 rings (SSSR count). The minimum absolute atomic E-state index is 0.220. The van der Waals surface area contributed by atoms with Crippen LogP contribution in [0, 0.1) is 5.92 Å². The first-order valence-corrected chi connectivity index (χ1v) is 5.29. The fourth-order valence-corrected chi connectivity index (χ4v) is 1.71. The van der Waals surface area contributed by atoms with Gasteiger partial charge in [-0.15, -0.1) is 0 Å². The van der Waals surface area contributed by atoms with Gasteiger partial charge in [-0.1, -0.05) is 18.2 Å². The van der Waals surface area contributed by atoms with Crippen LogP contribution in [-0.2, 0) is 4.74 Å². The highest BCUT2D eigenvalue weighted by Crippen LogP contribution is 2.09. The van der Waals surface area contributed by atoms with Crippen LogP contribution in [0.4, 0.5) is 0 Å². The van der Waals surface area contributed by atoms with Crippen LogP contribution in [0.2, 0.25) is 0 Å². The van der Waals surface area contributed by atoms with Gasteiger partial charge in [0.1, 0.15) is 0 Å². The summed E-state index contributed by atoms with van der Waals surface area (Å²) in [6.07, 6.45) is 1.10. The van der Waals surface area contributed by atoms with E-state index in [0.717, 1.165) is 19.5 Å². The maximum Gasteiger partial charge on any atom is 0.338 e. The molecular formula is C12H15NO2. The lowest BCUT2D eigenvalue weighted by Gasteiger charge is -2.09. The van der Waals surface area contributed by atoms with Crippen LogP contribution in [0.5, 0.6) is 0 Å². The SMILES string of the molecule is O=C(OC[C@H]1CCNC1)c1ccccc1. The zero-order valence-electron chi connectivity index (χ0n) is 8.61. The van der Waals surface area contributed by atoms with Gasteiger partial charge in [0, 0.05) is 12.5 Å². The third kappa shape index (κ3) is 2.80. The van der Waals surface area contributed by atoms with Crippen LogP contribution in [-0.4, -0.2) is 25.7 Å². The zero-order chi connectivity index (χ0) is 10.5. The minimum atomic E-state index is -0.220. The van der Waals surface area contributed by atoms with E-state index in [4.69, 9.17) is 4.74 Å². The first-order valence-electron chi connectivity index (χ1n) is 5.29. The zero-order valence-corrected chi connectivity index (χ0v) is 8.61. The molecule has 3 nitrogen and oxygen atoms in total. The van der Waals surface area contributed by atoms with E-state index in [1.54, 1.807) is 12.1 Å². The smallest absolute Gasteiger partial charge is 0.338 e. The van der Waals surface area contributed by atoms with Crippen molar-refractivity contribution in [1.82, 2.24) is 5.32 Å². The molecule has 0 aromatic heterocycles. The molecule has 0 amide bonds. The molecule has 1 aromatic carbocycles. The Morgan fingerprint density at radius 2 is 2.20 bits per heavy atom. The molecule has 1 aliphatic rings. The first kappa shape index (κ1) is 10.2. The monoisotopic (exact) mass is 205 g/mol. The maximum absolute atomic E-state index is 11.6. The molecule has 3 heteroatoms. The molecular weight excluding hydrogens is 190 g/mol. The summed E-state index contributed by atoms with van der Waals surface area (Å²) in [7, 11) is 0. The summed E-state index contributed by atoms with van der Waals surface area (Å²) in [6, 6.07) is 9.11. The second-order valence-electron chi connectivity index (χ2n) is 3.82. The lowest BCUT2D eigenvalue weighted by atomic mass is 10.1. The van der Waals surface area contributed by atoms with Crippen LogP contribution in [0.15, 0.2) is 30.3 Å². The second-order valence-corrected chi connectivity index (χ2v) is 3.82. The van der Waals surface area contributed by atoms with Gasteiger partial charge in [0.25, 0.3) is 0 Å². The maximum atomic E-state index is 11.6. The number of benzene rings is 1. The Balaban J connectivity index is 1.82. The summed E-state index contributed by atoms with van der Waals surface area (Å²) < 4.78 is 5.23. The van der Waals surface area contributed by atoms with Crippen LogP contribution < -0.4 is 5.32 Å². The van der Waals surface area contributed by atoms with Crippen molar-refractivity contribution in [2.75, 3.05) is 19.7 Å². The number of carbonyl (C=O) groups excluding carboxylic acids is 1. The van der Waals surface area contributed by atoms with Crippen molar-refractivity contribution in [3.05, 3.63) is 35.9 Å². The molecule has 0 aliphatic carbocycles. The van der Waals surface area contributed by atoms with Crippen LogP contribution >= 0.6 is 0 Å². The molecule has 0 spiro atoms. The van der Waals surface area contributed by atoms with Gasteiger partial charge < -0.3 is 10.1 Å².